The lowest BCUT2D eigenvalue weighted by Crippen LogP contribution is -1.95. The van der Waals surface area contributed by atoms with Gasteiger partial charge in [0.05, 0.1) is 11.6 Å². The van der Waals surface area contributed by atoms with Crippen LogP contribution in [0.1, 0.15) is 30.7 Å². The van der Waals surface area contributed by atoms with Crippen LogP contribution in [0.4, 0.5) is 5.00 Å². The van der Waals surface area contributed by atoms with Crippen molar-refractivity contribution in [2.75, 3.05) is 12.3 Å². The highest BCUT2D eigenvalue weighted by Gasteiger charge is 2.28. The second-order valence-corrected chi connectivity index (χ2v) is 5.53. The summed E-state index contributed by atoms with van der Waals surface area (Å²) in [6, 6.07) is 7.95. The minimum Gasteiger partial charge on any atom is -0.493 e. The van der Waals surface area contributed by atoms with Gasteiger partial charge in [0, 0.05) is 11.5 Å². The number of nitrogen functional groups attached to an aromatic ring is 1. The maximum absolute atomic E-state index is 6.10. The number of anilines is 1. The lowest BCUT2D eigenvalue weighted by atomic mass is 10.1. The standard InChI is InChI=1S/C14H16N2OS/c1-2-17-11-6-4-3-5-10(11)12-13(15)18-14(16-12)9-7-8-9/h3-6,9H,2,7-8,15H2,1H3. The smallest absolute Gasteiger partial charge is 0.128 e. The van der Waals surface area contributed by atoms with E-state index >= 15 is 0 Å². The van der Waals surface area contributed by atoms with Gasteiger partial charge < -0.3 is 10.5 Å². The van der Waals surface area contributed by atoms with Crippen molar-refractivity contribution in [3.05, 3.63) is 29.3 Å². The molecule has 1 aliphatic carbocycles. The zero-order valence-corrected chi connectivity index (χ0v) is 11.2. The van der Waals surface area contributed by atoms with Crippen molar-refractivity contribution in [2.45, 2.75) is 25.7 Å². The van der Waals surface area contributed by atoms with E-state index in [4.69, 9.17) is 15.5 Å². The number of nitrogens with two attached hydrogens (primary N) is 1. The third kappa shape index (κ3) is 2.08. The van der Waals surface area contributed by atoms with Gasteiger partial charge >= 0.3 is 0 Å². The quantitative estimate of drug-likeness (QED) is 0.912. The topological polar surface area (TPSA) is 48.1 Å². The van der Waals surface area contributed by atoms with Gasteiger partial charge in [-0.2, -0.15) is 0 Å². The Balaban J connectivity index is 2.02. The first kappa shape index (κ1) is 11.5. The summed E-state index contributed by atoms with van der Waals surface area (Å²) in [4.78, 5) is 4.70. The van der Waals surface area contributed by atoms with E-state index in [-0.39, 0.29) is 0 Å². The van der Waals surface area contributed by atoms with Crippen LogP contribution >= 0.6 is 11.3 Å². The van der Waals surface area contributed by atoms with Gasteiger partial charge in [-0.1, -0.05) is 12.1 Å². The highest BCUT2D eigenvalue weighted by Crippen LogP contribution is 2.46. The van der Waals surface area contributed by atoms with Gasteiger partial charge in [-0.3, -0.25) is 0 Å². The molecule has 0 saturated heterocycles. The second kappa shape index (κ2) is 4.61. The maximum atomic E-state index is 6.10. The molecule has 0 radical (unpaired) electrons. The van der Waals surface area contributed by atoms with Crippen LogP contribution in [0.25, 0.3) is 11.3 Å². The summed E-state index contributed by atoms with van der Waals surface area (Å²) in [5.74, 6) is 1.50. The molecule has 1 fully saturated rings. The molecular weight excluding hydrogens is 244 g/mol. The molecule has 1 aromatic carbocycles. The van der Waals surface area contributed by atoms with E-state index in [2.05, 4.69) is 0 Å². The monoisotopic (exact) mass is 260 g/mol. The Morgan fingerprint density at radius 2 is 2.17 bits per heavy atom. The number of ether oxygens (including phenoxy) is 1. The third-order valence-electron chi connectivity index (χ3n) is 3.04. The van der Waals surface area contributed by atoms with E-state index < -0.39 is 0 Å². The van der Waals surface area contributed by atoms with Gasteiger partial charge in [-0.05, 0) is 31.9 Å². The third-order valence-corrected chi connectivity index (χ3v) is 4.09. The summed E-state index contributed by atoms with van der Waals surface area (Å²) in [5.41, 5.74) is 7.98. The zero-order valence-electron chi connectivity index (χ0n) is 10.3. The van der Waals surface area contributed by atoms with Crippen LogP contribution in [0.3, 0.4) is 0 Å². The van der Waals surface area contributed by atoms with Crippen LogP contribution in [-0.2, 0) is 0 Å². The Kier molecular flexibility index (Phi) is 2.96. The summed E-state index contributed by atoms with van der Waals surface area (Å²) in [7, 11) is 0. The largest absolute Gasteiger partial charge is 0.493 e. The summed E-state index contributed by atoms with van der Waals surface area (Å²) in [6.07, 6.45) is 2.50. The van der Waals surface area contributed by atoms with Crippen LogP contribution < -0.4 is 10.5 Å². The summed E-state index contributed by atoms with van der Waals surface area (Å²) in [6.45, 7) is 2.63. The predicted octanol–water partition coefficient (Wildman–Crippen LogP) is 3.67. The Morgan fingerprint density at radius 1 is 1.39 bits per heavy atom. The number of hydrogen-bond donors (Lipinski definition) is 1. The van der Waals surface area contributed by atoms with Crippen LogP contribution in [0.15, 0.2) is 24.3 Å². The molecule has 18 heavy (non-hydrogen) atoms. The van der Waals surface area contributed by atoms with Crippen LogP contribution in [0.5, 0.6) is 5.75 Å². The number of thiazole rings is 1. The average Bonchev–Trinajstić information content (AvgIpc) is 3.15. The number of hydrogen-bond acceptors (Lipinski definition) is 4. The summed E-state index contributed by atoms with van der Waals surface area (Å²) < 4.78 is 5.64. The van der Waals surface area contributed by atoms with E-state index in [1.165, 1.54) is 17.8 Å². The number of rotatable bonds is 4. The van der Waals surface area contributed by atoms with Crippen molar-refractivity contribution >= 4 is 16.3 Å². The second-order valence-electron chi connectivity index (χ2n) is 4.47. The lowest BCUT2D eigenvalue weighted by molar-refractivity contribution is 0.341. The molecule has 1 aromatic heterocycles. The molecule has 4 heteroatoms. The van der Waals surface area contributed by atoms with Gasteiger partial charge in [0.25, 0.3) is 0 Å². The molecule has 3 nitrogen and oxygen atoms in total. The van der Waals surface area contributed by atoms with Crippen molar-refractivity contribution in [3.8, 4) is 17.0 Å². The fourth-order valence-electron chi connectivity index (χ4n) is 1.99. The van der Waals surface area contributed by atoms with E-state index in [1.807, 2.05) is 31.2 Å². The number of aromatic nitrogens is 1. The SMILES string of the molecule is CCOc1ccccc1-c1nc(C2CC2)sc1N. The van der Waals surface area contributed by atoms with Crippen molar-refractivity contribution in [3.63, 3.8) is 0 Å². The van der Waals surface area contributed by atoms with Crippen molar-refractivity contribution in [1.82, 2.24) is 4.98 Å². The molecule has 2 N–H and O–H groups in total. The molecule has 94 valence electrons. The fourth-order valence-corrected chi connectivity index (χ4v) is 3.01. The van der Waals surface area contributed by atoms with Crippen molar-refractivity contribution in [2.24, 2.45) is 0 Å². The molecule has 0 bridgehead atoms. The Labute approximate surface area is 111 Å². The zero-order chi connectivity index (χ0) is 12.5. The molecule has 1 saturated carbocycles. The van der Waals surface area contributed by atoms with E-state index in [0.717, 1.165) is 22.0 Å². The minimum atomic E-state index is 0.644. The van der Waals surface area contributed by atoms with Gasteiger partial charge in [-0.15, -0.1) is 11.3 Å². The summed E-state index contributed by atoms with van der Waals surface area (Å²) >= 11 is 1.62. The minimum absolute atomic E-state index is 0.644. The molecule has 1 aliphatic rings. The number of benzene rings is 1. The van der Waals surface area contributed by atoms with Crippen LogP contribution in [0, 0.1) is 0 Å². The Bertz CT molecular complexity index is 561. The van der Waals surface area contributed by atoms with Crippen LogP contribution in [-0.4, -0.2) is 11.6 Å². The lowest BCUT2D eigenvalue weighted by Gasteiger charge is -2.08. The molecule has 0 unspecified atom stereocenters. The average molecular weight is 260 g/mol. The number of para-hydroxylation sites is 1. The van der Waals surface area contributed by atoms with E-state index in [1.54, 1.807) is 11.3 Å². The molecule has 0 aliphatic heterocycles. The first-order valence-corrected chi connectivity index (χ1v) is 7.09. The molecule has 3 rings (SSSR count). The van der Waals surface area contributed by atoms with Gasteiger partial charge in [0.15, 0.2) is 0 Å². The fraction of sp³-hybridized carbons (Fsp3) is 0.357. The molecule has 0 atom stereocenters. The van der Waals surface area contributed by atoms with E-state index in [0.29, 0.717) is 12.5 Å². The van der Waals surface area contributed by atoms with Crippen molar-refractivity contribution in [1.29, 1.82) is 0 Å². The van der Waals surface area contributed by atoms with Gasteiger partial charge in [0.1, 0.15) is 16.4 Å². The normalized spacial score (nSPS) is 14.7. The molecule has 0 spiro atoms. The highest BCUT2D eigenvalue weighted by molar-refractivity contribution is 7.16. The molecule has 1 heterocycles. The maximum Gasteiger partial charge on any atom is 0.128 e. The Hall–Kier alpha value is -1.55. The van der Waals surface area contributed by atoms with Crippen molar-refractivity contribution < 1.29 is 4.74 Å². The first-order chi connectivity index (χ1) is 8.79. The summed E-state index contributed by atoms with van der Waals surface area (Å²) in [5, 5.41) is 1.97. The van der Waals surface area contributed by atoms with E-state index in [9.17, 15) is 0 Å². The molecule has 2 aromatic rings. The predicted molar refractivity (Wildman–Crippen MR) is 75.1 cm³/mol. The van der Waals surface area contributed by atoms with Gasteiger partial charge in [0.2, 0.25) is 0 Å². The van der Waals surface area contributed by atoms with Crippen LogP contribution in [0.2, 0.25) is 0 Å². The van der Waals surface area contributed by atoms with Gasteiger partial charge in [-0.25, -0.2) is 4.98 Å². The first-order valence-electron chi connectivity index (χ1n) is 6.28. The molecular formula is C14H16N2OS. The number of nitrogens with zero attached hydrogens (tertiary/aromatic N) is 1. The Morgan fingerprint density at radius 3 is 2.89 bits per heavy atom. The highest BCUT2D eigenvalue weighted by atomic mass is 32.1. The molecule has 0 amide bonds.